The standard InChI is InChI=1S/C25H34N2O3/c1-5-6-7-8-9-18-30-22-16-12-19(13-17-22)23(28)26-21-14-10-20(11-15-21)24(29)27-25(2,3)4/h10-17H,5-9,18H2,1-4H3,(H,26,28)(H,27,29). The van der Waals surface area contributed by atoms with E-state index in [2.05, 4.69) is 17.6 Å². The second-order valence-corrected chi connectivity index (χ2v) is 8.52. The molecule has 0 radical (unpaired) electrons. The maximum absolute atomic E-state index is 12.5. The minimum atomic E-state index is -0.297. The number of hydrogen-bond donors (Lipinski definition) is 2. The van der Waals surface area contributed by atoms with Crippen LogP contribution in [0.1, 0.15) is 80.5 Å². The summed E-state index contributed by atoms with van der Waals surface area (Å²) >= 11 is 0. The van der Waals surface area contributed by atoms with Gasteiger partial charge in [-0.15, -0.1) is 0 Å². The lowest BCUT2D eigenvalue weighted by molar-refractivity contribution is 0.0919. The largest absolute Gasteiger partial charge is 0.494 e. The zero-order valence-electron chi connectivity index (χ0n) is 18.6. The molecule has 5 nitrogen and oxygen atoms in total. The van der Waals surface area contributed by atoms with Crippen LogP contribution in [0.15, 0.2) is 48.5 Å². The van der Waals surface area contributed by atoms with Gasteiger partial charge in [0.2, 0.25) is 0 Å². The number of carbonyl (C=O) groups is 2. The van der Waals surface area contributed by atoms with E-state index in [4.69, 9.17) is 4.74 Å². The third-order valence-electron chi connectivity index (χ3n) is 4.53. The van der Waals surface area contributed by atoms with Gasteiger partial charge in [0, 0.05) is 22.4 Å². The average Bonchev–Trinajstić information content (AvgIpc) is 2.70. The van der Waals surface area contributed by atoms with Crippen LogP contribution in [0.2, 0.25) is 0 Å². The second-order valence-electron chi connectivity index (χ2n) is 8.52. The van der Waals surface area contributed by atoms with Gasteiger partial charge in [-0.05, 0) is 75.7 Å². The molecule has 0 aromatic heterocycles. The van der Waals surface area contributed by atoms with E-state index in [1.54, 1.807) is 36.4 Å². The van der Waals surface area contributed by atoms with Gasteiger partial charge >= 0.3 is 0 Å². The van der Waals surface area contributed by atoms with Crippen molar-refractivity contribution >= 4 is 17.5 Å². The monoisotopic (exact) mass is 410 g/mol. The molecule has 0 spiro atoms. The molecule has 0 fully saturated rings. The molecule has 2 aromatic rings. The van der Waals surface area contributed by atoms with E-state index < -0.39 is 0 Å². The lowest BCUT2D eigenvalue weighted by Crippen LogP contribution is -2.40. The lowest BCUT2D eigenvalue weighted by Gasteiger charge is -2.20. The van der Waals surface area contributed by atoms with Gasteiger partial charge < -0.3 is 15.4 Å². The second kappa shape index (κ2) is 11.4. The van der Waals surface area contributed by atoms with Crippen LogP contribution in [0, 0.1) is 0 Å². The molecule has 0 unspecified atom stereocenters. The molecule has 0 aliphatic heterocycles. The number of ether oxygens (including phenoxy) is 1. The average molecular weight is 411 g/mol. The molecule has 2 rings (SSSR count). The van der Waals surface area contributed by atoms with Crippen molar-refractivity contribution in [2.75, 3.05) is 11.9 Å². The molecule has 2 N–H and O–H groups in total. The Balaban J connectivity index is 1.83. The van der Waals surface area contributed by atoms with Crippen LogP contribution in [0.4, 0.5) is 5.69 Å². The number of unbranched alkanes of at least 4 members (excludes halogenated alkanes) is 4. The Morgan fingerprint density at radius 1 is 0.800 bits per heavy atom. The molecule has 162 valence electrons. The summed E-state index contributed by atoms with van der Waals surface area (Å²) in [7, 11) is 0. The number of hydrogen-bond acceptors (Lipinski definition) is 3. The van der Waals surface area contributed by atoms with Crippen LogP contribution in [-0.4, -0.2) is 24.0 Å². The van der Waals surface area contributed by atoms with Crippen molar-refractivity contribution in [1.82, 2.24) is 5.32 Å². The van der Waals surface area contributed by atoms with Gasteiger partial charge in [-0.2, -0.15) is 0 Å². The minimum Gasteiger partial charge on any atom is -0.494 e. The van der Waals surface area contributed by atoms with Gasteiger partial charge in [-0.1, -0.05) is 32.6 Å². The summed E-state index contributed by atoms with van der Waals surface area (Å²) in [5, 5.41) is 5.77. The third kappa shape index (κ3) is 8.27. The smallest absolute Gasteiger partial charge is 0.255 e. The molecule has 0 aliphatic carbocycles. The van der Waals surface area contributed by atoms with Gasteiger partial charge in [0.15, 0.2) is 0 Å². The molecule has 2 aromatic carbocycles. The molecule has 0 saturated heterocycles. The highest BCUT2D eigenvalue weighted by Gasteiger charge is 2.15. The first-order valence-electron chi connectivity index (χ1n) is 10.8. The summed E-state index contributed by atoms with van der Waals surface area (Å²) in [6, 6.07) is 14.0. The van der Waals surface area contributed by atoms with Gasteiger partial charge in [-0.25, -0.2) is 0 Å². The van der Waals surface area contributed by atoms with E-state index in [-0.39, 0.29) is 17.4 Å². The van der Waals surface area contributed by atoms with Gasteiger partial charge in [0.25, 0.3) is 11.8 Å². The predicted molar refractivity (Wildman–Crippen MR) is 122 cm³/mol. The molecule has 2 amide bonds. The van der Waals surface area contributed by atoms with Crippen LogP contribution in [0.3, 0.4) is 0 Å². The van der Waals surface area contributed by atoms with Crippen molar-refractivity contribution in [3.05, 3.63) is 59.7 Å². The first-order chi connectivity index (χ1) is 14.3. The van der Waals surface area contributed by atoms with Crippen LogP contribution in [0.25, 0.3) is 0 Å². The van der Waals surface area contributed by atoms with Gasteiger partial charge in [0.05, 0.1) is 6.61 Å². The summed E-state index contributed by atoms with van der Waals surface area (Å²) in [5.41, 5.74) is 1.45. The van der Waals surface area contributed by atoms with E-state index >= 15 is 0 Å². The highest BCUT2D eigenvalue weighted by molar-refractivity contribution is 6.04. The fraction of sp³-hybridized carbons (Fsp3) is 0.440. The van der Waals surface area contributed by atoms with E-state index in [1.165, 1.54) is 25.7 Å². The number of amides is 2. The van der Waals surface area contributed by atoms with E-state index in [1.807, 2.05) is 32.9 Å². The van der Waals surface area contributed by atoms with Gasteiger partial charge in [0.1, 0.15) is 5.75 Å². The summed E-state index contributed by atoms with van der Waals surface area (Å²) in [4.78, 5) is 24.6. The van der Waals surface area contributed by atoms with Crippen LogP contribution in [0.5, 0.6) is 5.75 Å². The predicted octanol–water partition coefficient (Wildman–Crippen LogP) is 5.82. The SMILES string of the molecule is CCCCCCCOc1ccc(C(=O)Nc2ccc(C(=O)NC(C)(C)C)cc2)cc1. The van der Waals surface area contributed by atoms with Crippen molar-refractivity contribution in [2.24, 2.45) is 0 Å². The fourth-order valence-corrected chi connectivity index (χ4v) is 2.92. The summed E-state index contributed by atoms with van der Waals surface area (Å²) in [5.74, 6) is 0.436. The van der Waals surface area contributed by atoms with Crippen molar-refractivity contribution in [2.45, 2.75) is 65.3 Å². The molecule has 0 atom stereocenters. The van der Waals surface area contributed by atoms with E-state index in [0.29, 0.717) is 23.4 Å². The minimum absolute atomic E-state index is 0.138. The molecule has 5 heteroatoms. The van der Waals surface area contributed by atoms with Crippen molar-refractivity contribution < 1.29 is 14.3 Å². The fourth-order valence-electron chi connectivity index (χ4n) is 2.92. The van der Waals surface area contributed by atoms with E-state index in [9.17, 15) is 9.59 Å². The maximum atomic E-state index is 12.5. The highest BCUT2D eigenvalue weighted by Crippen LogP contribution is 2.16. The summed E-state index contributed by atoms with van der Waals surface area (Å²) in [6.45, 7) is 8.70. The Kier molecular flexibility index (Phi) is 8.90. The topological polar surface area (TPSA) is 67.4 Å². The van der Waals surface area contributed by atoms with Crippen LogP contribution in [-0.2, 0) is 0 Å². The molecular weight excluding hydrogens is 376 g/mol. The number of nitrogens with one attached hydrogen (secondary N) is 2. The molecule has 0 saturated carbocycles. The Hall–Kier alpha value is -2.82. The van der Waals surface area contributed by atoms with Crippen molar-refractivity contribution in [1.29, 1.82) is 0 Å². The van der Waals surface area contributed by atoms with Crippen molar-refractivity contribution in [3.63, 3.8) is 0 Å². The van der Waals surface area contributed by atoms with Crippen molar-refractivity contribution in [3.8, 4) is 5.75 Å². The molecule has 0 bridgehead atoms. The molecule has 0 heterocycles. The lowest BCUT2D eigenvalue weighted by atomic mass is 10.1. The van der Waals surface area contributed by atoms with E-state index in [0.717, 1.165) is 12.2 Å². The highest BCUT2D eigenvalue weighted by atomic mass is 16.5. The number of benzene rings is 2. The molecule has 30 heavy (non-hydrogen) atoms. The zero-order chi connectivity index (χ0) is 22.0. The summed E-state index contributed by atoms with van der Waals surface area (Å²) in [6.07, 6.45) is 6.00. The normalized spacial score (nSPS) is 11.1. The van der Waals surface area contributed by atoms with Gasteiger partial charge in [-0.3, -0.25) is 9.59 Å². The Bertz CT molecular complexity index is 806. The maximum Gasteiger partial charge on any atom is 0.255 e. The number of anilines is 1. The Labute approximate surface area is 180 Å². The number of rotatable bonds is 10. The molecule has 0 aliphatic rings. The molecular formula is C25H34N2O3. The third-order valence-corrected chi connectivity index (χ3v) is 4.53. The summed E-state index contributed by atoms with van der Waals surface area (Å²) < 4.78 is 5.74. The van der Waals surface area contributed by atoms with Crippen LogP contribution >= 0.6 is 0 Å². The first kappa shape index (κ1) is 23.5. The van der Waals surface area contributed by atoms with Crippen LogP contribution < -0.4 is 15.4 Å². The first-order valence-corrected chi connectivity index (χ1v) is 10.8. The number of carbonyl (C=O) groups excluding carboxylic acids is 2. The quantitative estimate of drug-likeness (QED) is 0.485. The zero-order valence-corrected chi connectivity index (χ0v) is 18.6. The Morgan fingerprint density at radius 3 is 1.97 bits per heavy atom. The Morgan fingerprint density at radius 2 is 1.37 bits per heavy atom.